The summed E-state index contributed by atoms with van der Waals surface area (Å²) in [5.74, 6) is 0. The summed E-state index contributed by atoms with van der Waals surface area (Å²) < 4.78 is 22.7. The van der Waals surface area contributed by atoms with Crippen LogP contribution in [-0.2, 0) is 13.8 Å². The first-order valence-electron chi connectivity index (χ1n) is 26.8. The third-order valence-electron chi connectivity index (χ3n) is 11.5. The van der Waals surface area contributed by atoms with Crippen LogP contribution in [0.3, 0.4) is 0 Å². The molecule has 0 bridgehead atoms. The highest BCUT2D eigenvalue weighted by Gasteiger charge is 2.29. The van der Waals surface area contributed by atoms with E-state index >= 15 is 0 Å². The first-order chi connectivity index (χ1) is 33.8. The van der Waals surface area contributed by atoms with Crippen LogP contribution in [0.4, 0.5) is 4.79 Å². The molecule has 22 heteroatoms. The Hall–Kier alpha value is -1.75. The van der Waals surface area contributed by atoms with Crippen LogP contribution in [0.15, 0.2) is 54.1 Å². The molecule has 4 saturated heterocycles. The van der Waals surface area contributed by atoms with Gasteiger partial charge in [0.1, 0.15) is 0 Å². The second-order valence-electron chi connectivity index (χ2n) is 17.6. The highest BCUT2D eigenvalue weighted by Crippen LogP contribution is 2.19. The van der Waals surface area contributed by atoms with Gasteiger partial charge in [-0.1, -0.05) is 52.8 Å². The lowest BCUT2D eigenvalue weighted by molar-refractivity contribution is -0.915. The molecule has 76 heavy (non-hydrogen) atoms. The fourth-order valence-corrected chi connectivity index (χ4v) is 8.50. The van der Waals surface area contributed by atoms with Crippen molar-refractivity contribution in [2.45, 2.75) is 159 Å². The molecular weight excluding hydrogens is 1080 g/mol. The van der Waals surface area contributed by atoms with Gasteiger partial charge in [-0.25, -0.2) is 43.0 Å². The Morgan fingerprint density at radius 1 is 0.645 bits per heavy atom. The molecule has 3 unspecified atom stereocenters. The van der Waals surface area contributed by atoms with E-state index in [0.29, 0.717) is 13.1 Å². The molecule has 16 nitrogen and oxygen atoms in total. The monoisotopic (exact) mass is 1190 g/mol. The minimum Gasteiger partial charge on any atom is -1.00 e. The Morgan fingerprint density at radius 2 is 1.05 bits per heavy atom. The molecule has 2 amide bonds. The summed E-state index contributed by atoms with van der Waals surface area (Å²) in [4.78, 5) is 47.0. The number of urea groups is 1. The van der Waals surface area contributed by atoms with E-state index in [9.17, 15) is 13.2 Å². The summed E-state index contributed by atoms with van der Waals surface area (Å²) in [5, 5.41) is 5.54. The number of nitrogens with one attached hydrogen (secondary N) is 2. The molecule has 4 aliphatic rings. The van der Waals surface area contributed by atoms with E-state index in [1.165, 1.54) is 172 Å². The first kappa shape index (κ1) is 90.8. The molecule has 0 saturated carbocycles. The summed E-state index contributed by atoms with van der Waals surface area (Å²) in [7, 11) is 1.54. The smallest absolute Gasteiger partial charge is 0.314 e. The molecule has 0 spiro atoms. The highest BCUT2D eigenvalue weighted by atomic mass is 35.7. The van der Waals surface area contributed by atoms with Crippen molar-refractivity contribution < 1.29 is 34.9 Å². The summed E-state index contributed by atoms with van der Waals surface area (Å²) >= 11 is 0. The number of hydrogen-bond donors (Lipinski definition) is 3. The Bertz CT molecular complexity index is 1670. The number of nitrogens with zero attached hydrogens (tertiary/aromatic N) is 9. The van der Waals surface area contributed by atoms with Crippen LogP contribution < -0.4 is 28.8 Å². The molecule has 1 aromatic rings. The van der Waals surface area contributed by atoms with Crippen molar-refractivity contribution >= 4 is 73.6 Å². The SMILES string of the molecule is C.C.CCC.CCN=C=NCCCN1CCCC1.CCN=C=NCCC[N+]1(CC)CCCC1.CCN=C=O.CCNC(=O)NCCCN1CCCC1.Cc1ccc(S(=O)(=O)Cl)cc1.NCCCN1CCCC1.P.P.P.[Cl-]. The molecular formula is C54H117Cl2N12O4P3S. The number of isocyanates is 1. The predicted molar refractivity (Wildman–Crippen MR) is 342 cm³/mol. The second-order valence-corrected chi connectivity index (χ2v) is 20.2. The van der Waals surface area contributed by atoms with Gasteiger partial charge >= 0.3 is 6.03 Å². The number of rotatable bonds is 21. The Kier molecular flexibility index (Phi) is 78.5. The molecule has 0 aromatic heterocycles. The van der Waals surface area contributed by atoms with Gasteiger partial charge in [-0.3, -0.25) is 0 Å². The zero-order chi connectivity index (χ0) is 52.4. The normalized spacial score (nSPS) is 14.4. The minimum atomic E-state index is -3.55. The number of hydrogen-bond acceptors (Lipinski definition) is 13. The Labute approximate surface area is 487 Å². The number of carbonyl (C=O) groups is 1. The lowest BCUT2D eigenvalue weighted by Crippen LogP contribution is -3.00. The third kappa shape index (κ3) is 57.0. The van der Waals surface area contributed by atoms with Crippen molar-refractivity contribution in [2.24, 2.45) is 30.7 Å². The van der Waals surface area contributed by atoms with Crippen molar-refractivity contribution in [3.05, 3.63) is 29.8 Å². The number of aliphatic imine (C=N–C) groups is 5. The second kappa shape index (κ2) is 65.8. The van der Waals surface area contributed by atoms with E-state index in [0.717, 1.165) is 64.2 Å². The third-order valence-corrected chi connectivity index (χ3v) is 12.9. The van der Waals surface area contributed by atoms with E-state index in [1.54, 1.807) is 19.1 Å². The lowest BCUT2D eigenvalue weighted by Gasteiger charge is -2.32. The number of benzene rings is 1. The zero-order valence-corrected chi connectivity index (χ0v) is 54.4. The quantitative estimate of drug-likeness (QED) is 0.0287. The summed E-state index contributed by atoms with van der Waals surface area (Å²) in [6.07, 6.45) is 18.2. The standard InChI is InChI=1S/C12H24N3.C10H21N3O.C10H19N3.C7H7ClO2S.C7H16N2.C3H5NO.C3H8.2CH4.ClH.3H3P/c1-3-13-12-14-8-7-11-15(4-2)9-5-6-10-15;1-2-11-10(14)12-6-5-9-13-7-3-4-8-13;1-2-11-10-12-6-5-9-13-7-3-4-8-13;1-6-2-4-7(5-3-6)11(8,9)10;8-4-3-7-9-5-1-2-6-9;1-2-4-3-5;1-3-2;;;;;;/h3-11H2,1-2H3;2-9H2,1H3,(H2,11,12,14);2-9H2,1H3;2-5H,1H3;1-8H2;2H2,1H3;3H2,1-2H3;2*1H4;1H;3*1H3/q+1;;;;;;;;;;;;/p-1. The van der Waals surface area contributed by atoms with Crippen LogP contribution in [-0.4, -0.2) is 189 Å². The van der Waals surface area contributed by atoms with Crippen molar-refractivity contribution in [2.75, 3.05) is 137 Å². The molecule has 3 atom stereocenters. The van der Waals surface area contributed by atoms with Crippen molar-refractivity contribution in [1.29, 1.82) is 0 Å². The van der Waals surface area contributed by atoms with Crippen molar-refractivity contribution in [3.8, 4) is 0 Å². The van der Waals surface area contributed by atoms with Crippen molar-refractivity contribution in [1.82, 2.24) is 25.3 Å². The number of amides is 2. The average molecular weight is 1190 g/mol. The summed E-state index contributed by atoms with van der Waals surface area (Å²) in [6.45, 7) is 38.9. The number of aryl methyl sites for hydroxylation is 1. The van der Waals surface area contributed by atoms with E-state index < -0.39 is 9.05 Å². The minimum absolute atomic E-state index is 0. The fourth-order valence-electron chi connectivity index (χ4n) is 7.73. The molecule has 5 rings (SSSR count). The summed E-state index contributed by atoms with van der Waals surface area (Å²) in [6, 6.07) is 11.8. The van der Waals surface area contributed by atoms with Crippen LogP contribution in [0, 0.1) is 6.92 Å². The molecule has 4 fully saturated rings. The van der Waals surface area contributed by atoms with Gasteiger partial charge in [0.15, 0.2) is 0 Å². The van der Waals surface area contributed by atoms with Gasteiger partial charge in [-0.2, -0.15) is 29.7 Å². The van der Waals surface area contributed by atoms with Crippen LogP contribution >= 0.6 is 40.4 Å². The molecule has 0 aliphatic carbocycles. The maximum Gasteiger partial charge on any atom is 0.314 e. The Morgan fingerprint density at radius 3 is 1.41 bits per heavy atom. The van der Waals surface area contributed by atoms with E-state index in [1.807, 2.05) is 27.7 Å². The van der Waals surface area contributed by atoms with E-state index in [4.69, 9.17) is 21.2 Å². The van der Waals surface area contributed by atoms with Gasteiger partial charge in [0.2, 0.25) is 6.08 Å². The van der Waals surface area contributed by atoms with Gasteiger partial charge in [0, 0.05) is 62.7 Å². The van der Waals surface area contributed by atoms with E-state index in [-0.39, 0.29) is 67.9 Å². The van der Waals surface area contributed by atoms with Crippen LogP contribution in [0.25, 0.3) is 0 Å². The molecule has 4 heterocycles. The molecule has 4 aliphatic heterocycles. The number of nitrogens with two attached hydrogens (primary N) is 1. The number of likely N-dealkylation sites (tertiary alicyclic amines) is 4. The van der Waals surface area contributed by atoms with Gasteiger partial charge in [0.25, 0.3) is 9.05 Å². The number of halogens is 2. The van der Waals surface area contributed by atoms with Gasteiger partial charge in [-0.05, 0) is 177 Å². The fraction of sp³-hybridized carbons (Fsp3) is 0.815. The molecule has 4 N–H and O–H groups in total. The summed E-state index contributed by atoms with van der Waals surface area (Å²) in [5.41, 5.74) is 6.39. The average Bonchev–Trinajstić information content (AvgIpc) is 4.22. The van der Waals surface area contributed by atoms with Gasteiger partial charge in [0.05, 0.1) is 56.2 Å². The van der Waals surface area contributed by atoms with Crippen LogP contribution in [0.1, 0.15) is 152 Å². The predicted octanol–water partition coefficient (Wildman–Crippen LogP) is 7.22. The molecule has 0 radical (unpaired) electrons. The van der Waals surface area contributed by atoms with Crippen LogP contribution in [0.5, 0.6) is 0 Å². The largest absolute Gasteiger partial charge is 1.00 e. The highest BCUT2D eigenvalue weighted by molar-refractivity contribution is 8.13. The topological polar surface area (TPSA) is 190 Å². The number of quaternary nitrogens is 1. The van der Waals surface area contributed by atoms with E-state index in [2.05, 4.69) is 83.1 Å². The Balaban J connectivity index is -0.000000121. The first-order valence-corrected chi connectivity index (χ1v) is 29.1. The van der Waals surface area contributed by atoms with Gasteiger partial charge in [-0.15, -0.1) is 0 Å². The van der Waals surface area contributed by atoms with Crippen molar-refractivity contribution in [3.63, 3.8) is 0 Å². The van der Waals surface area contributed by atoms with Crippen LogP contribution in [0.2, 0.25) is 0 Å². The maximum atomic E-state index is 11.0. The lowest BCUT2D eigenvalue weighted by atomic mass is 10.2. The number of carbonyl (C=O) groups excluding carboxylic acids is 2. The molecule has 1 aromatic carbocycles. The molecule has 452 valence electrons. The maximum absolute atomic E-state index is 11.0. The van der Waals surface area contributed by atoms with Gasteiger partial charge < -0.3 is 48.0 Å². The zero-order valence-electron chi connectivity index (χ0n) is 47.9.